The smallest absolute Gasteiger partial charge is 0.260 e. The molecule has 1 amide bonds. The fourth-order valence-corrected chi connectivity index (χ4v) is 2.99. The van der Waals surface area contributed by atoms with Crippen LogP contribution in [0.25, 0.3) is 0 Å². The van der Waals surface area contributed by atoms with E-state index >= 15 is 0 Å². The lowest BCUT2D eigenvalue weighted by atomic mass is 10.1. The Morgan fingerprint density at radius 1 is 1.29 bits per heavy atom. The molecule has 126 valence electrons. The fourth-order valence-electron chi connectivity index (χ4n) is 2.99. The predicted molar refractivity (Wildman–Crippen MR) is 90.4 cm³/mol. The molecule has 1 N–H and O–H groups in total. The van der Waals surface area contributed by atoms with E-state index in [0.717, 1.165) is 50.5 Å². The lowest BCUT2D eigenvalue weighted by Gasteiger charge is -2.28. The van der Waals surface area contributed by atoms with E-state index in [1.807, 2.05) is 19.2 Å². The second kappa shape index (κ2) is 6.24. The van der Waals surface area contributed by atoms with Gasteiger partial charge in [-0.25, -0.2) is 4.98 Å². The van der Waals surface area contributed by atoms with E-state index in [1.54, 1.807) is 17.1 Å². The Morgan fingerprint density at radius 2 is 2.08 bits per heavy atom. The molecule has 2 fully saturated rings. The third kappa shape index (κ3) is 3.12. The number of nitrogens with zero attached hydrogens (tertiary/aromatic N) is 4. The van der Waals surface area contributed by atoms with Crippen molar-refractivity contribution in [2.24, 2.45) is 7.05 Å². The molecule has 0 radical (unpaired) electrons. The average molecular weight is 327 g/mol. The minimum Gasteiger partial charge on any atom is -0.378 e. The molecule has 2 aromatic rings. The number of pyridine rings is 1. The van der Waals surface area contributed by atoms with Gasteiger partial charge in [0, 0.05) is 32.3 Å². The lowest BCUT2D eigenvalue weighted by molar-refractivity contribution is 0.102. The Kier molecular flexibility index (Phi) is 3.93. The van der Waals surface area contributed by atoms with E-state index in [9.17, 15) is 4.79 Å². The number of anilines is 2. The maximum Gasteiger partial charge on any atom is 0.260 e. The van der Waals surface area contributed by atoms with E-state index in [2.05, 4.69) is 20.3 Å². The van der Waals surface area contributed by atoms with Crippen molar-refractivity contribution in [1.82, 2.24) is 14.8 Å². The number of amides is 1. The van der Waals surface area contributed by atoms with Gasteiger partial charge in [0.05, 0.1) is 36.4 Å². The molecule has 1 saturated heterocycles. The summed E-state index contributed by atoms with van der Waals surface area (Å²) in [6.45, 7) is 3.22. The number of hydrogen-bond donors (Lipinski definition) is 1. The van der Waals surface area contributed by atoms with E-state index in [4.69, 9.17) is 4.74 Å². The number of aromatic nitrogens is 3. The van der Waals surface area contributed by atoms with Crippen LogP contribution in [0.1, 0.15) is 34.8 Å². The van der Waals surface area contributed by atoms with Gasteiger partial charge >= 0.3 is 0 Å². The first kappa shape index (κ1) is 15.1. The van der Waals surface area contributed by atoms with Gasteiger partial charge in [-0.1, -0.05) is 0 Å². The van der Waals surface area contributed by atoms with Crippen LogP contribution in [-0.2, 0) is 11.8 Å². The lowest BCUT2D eigenvalue weighted by Crippen LogP contribution is -2.36. The summed E-state index contributed by atoms with van der Waals surface area (Å²) in [5.41, 5.74) is 2.61. The van der Waals surface area contributed by atoms with Crippen molar-refractivity contribution in [2.75, 3.05) is 36.5 Å². The van der Waals surface area contributed by atoms with E-state index in [0.29, 0.717) is 17.3 Å². The third-order valence-corrected chi connectivity index (χ3v) is 4.43. The molecule has 0 aromatic carbocycles. The summed E-state index contributed by atoms with van der Waals surface area (Å²) in [4.78, 5) is 19.1. The Labute approximate surface area is 140 Å². The Bertz CT molecular complexity index is 730. The number of aryl methyl sites for hydroxylation is 1. The molecule has 0 unspecified atom stereocenters. The Hall–Kier alpha value is -2.41. The summed E-state index contributed by atoms with van der Waals surface area (Å²) >= 11 is 0. The van der Waals surface area contributed by atoms with Gasteiger partial charge in [-0.3, -0.25) is 9.48 Å². The van der Waals surface area contributed by atoms with Crippen molar-refractivity contribution in [3.05, 3.63) is 35.8 Å². The zero-order valence-electron chi connectivity index (χ0n) is 13.7. The molecule has 7 heteroatoms. The normalized spacial score (nSPS) is 17.8. The largest absolute Gasteiger partial charge is 0.378 e. The Morgan fingerprint density at radius 3 is 2.75 bits per heavy atom. The molecule has 3 heterocycles. The summed E-state index contributed by atoms with van der Waals surface area (Å²) in [5.74, 6) is 0.850. The molecular weight excluding hydrogens is 306 g/mol. The van der Waals surface area contributed by atoms with Gasteiger partial charge in [0.1, 0.15) is 5.82 Å². The van der Waals surface area contributed by atoms with Crippen molar-refractivity contribution in [3.63, 3.8) is 0 Å². The number of carbonyl (C=O) groups is 1. The minimum atomic E-state index is -0.142. The zero-order valence-corrected chi connectivity index (χ0v) is 13.7. The maximum absolute atomic E-state index is 12.5. The number of morpholine rings is 1. The topological polar surface area (TPSA) is 72.3 Å². The van der Waals surface area contributed by atoms with Crippen molar-refractivity contribution < 1.29 is 9.53 Å². The van der Waals surface area contributed by atoms with Crippen LogP contribution in [0.2, 0.25) is 0 Å². The highest BCUT2D eigenvalue weighted by Crippen LogP contribution is 2.40. The van der Waals surface area contributed by atoms with Crippen molar-refractivity contribution >= 4 is 17.4 Å². The van der Waals surface area contributed by atoms with E-state index in [-0.39, 0.29) is 5.91 Å². The van der Waals surface area contributed by atoms with Gasteiger partial charge < -0.3 is 15.0 Å². The first-order valence-corrected chi connectivity index (χ1v) is 8.34. The first-order valence-electron chi connectivity index (χ1n) is 8.34. The second-order valence-electron chi connectivity index (χ2n) is 6.33. The van der Waals surface area contributed by atoms with Gasteiger partial charge in [-0.05, 0) is 25.0 Å². The quantitative estimate of drug-likeness (QED) is 0.927. The molecule has 0 atom stereocenters. The third-order valence-electron chi connectivity index (χ3n) is 4.43. The van der Waals surface area contributed by atoms with Crippen LogP contribution in [0.3, 0.4) is 0 Å². The van der Waals surface area contributed by atoms with Gasteiger partial charge in [0.2, 0.25) is 0 Å². The SMILES string of the molecule is Cn1cc(C(=O)Nc2ccc(N3CCOCC3)cn2)c(C2CC2)n1. The molecule has 1 saturated carbocycles. The van der Waals surface area contributed by atoms with Crippen LogP contribution < -0.4 is 10.2 Å². The minimum absolute atomic E-state index is 0.142. The predicted octanol–water partition coefficient (Wildman–Crippen LogP) is 1.78. The van der Waals surface area contributed by atoms with Gasteiger partial charge in [0.25, 0.3) is 5.91 Å². The summed E-state index contributed by atoms with van der Waals surface area (Å²) < 4.78 is 7.06. The van der Waals surface area contributed by atoms with Crippen molar-refractivity contribution in [2.45, 2.75) is 18.8 Å². The summed E-state index contributed by atoms with van der Waals surface area (Å²) in [5, 5.41) is 7.31. The number of nitrogens with one attached hydrogen (secondary N) is 1. The zero-order chi connectivity index (χ0) is 16.5. The van der Waals surface area contributed by atoms with Gasteiger partial charge in [-0.2, -0.15) is 5.10 Å². The van der Waals surface area contributed by atoms with E-state index < -0.39 is 0 Å². The van der Waals surface area contributed by atoms with Gasteiger partial charge in [-0.15, -0.1) is 0 Å². The summed E-state index contributed by atoms with van der Waals surface area (Å²) in [6.07, 6.45) is 5.81. The summed E-state index contributed by atoms with van der Waals surface area (Å²) in [6, 6.07) is 3.83. The van der Waals surface area contributed by atoms with Gasteiger partial charge in [0.15, 0.2) is 0 Å². The molecule has 7 nitrogen and oxygen atoms in total. The maximum atomic E-state index is 12.5. The van der Waals surface area contributed by atoms with Crippen LogP contribution in [0.15, 0.2) is 24.5 Å². The average Bonchev–Trinajstić information content (AvgIpc) is 3.38. The molecule has 2 aromatic heterocycles. The number of carbonyl (C=O) groups excluding carboxylic acids is 1. The highest BCUT2D eigenvalue weighted by atomic mass is 16.5. The number of hydrogen-bond acceptors (Lipinski definition) is 5. The molecular formula is C17H21N5O2. The molecule has 1 aliphatic heterocycles. The summed E-state index contributed by atoms with van der Waals surface area (Å²) in [7, 11) is 1.85. The second-order valence-corrected chi connectivity index (χ2v) is 6.33. The molecule has 0 bridgehead atoms. The standard InChI is InChI=1S/C17H21N5O2/c1-21-11-14(16(20-21)12-2-3-12)17(23)19-15-5-4-13(10-18-15)22-6-8-24-9-7-22/h4-5,10-12H,2-3,6-9H2,1H3,(H,18,19,23). The van der Waals surface area contributed by atoms with E-state index in [1.165, 1.54) is 0 Å². The van der Waals surface area contributed by atoms with Crippen LogP contribution in [-0.4, -0.2) is 47.0 Å². The number of ether oxygens (including phenoxy) is 1. The Balaban J connectivity index is 1.46. The molecule has 24 heavy (non-hydrogen) atoms. The van der Waals surface area contributed by atoms with Crippen LogP contribution in [0.5, 0.6) is 0 Å². The molecule has 2 aliphatic rings. The monoisotopic (exact) mass is 327 g/mol. The molecule has 1 aliphatic carbocycles. The molecule has 4 rings (SSSR count). The van der Waals surface area contributed by atoms with Crippen LogP contribution in [0, 0.1) is 0 Å². The van der Waals surface area contributed by atoms with Crippen molar-refractivity contribution in [3.8, 4) is 0 Å². The van der Waals surface area contributed by atoms with Crippen molar-refractivity contribution in [1.29, 1.82) is 0 Å². The fraction of sp³-hybridized carbons (Fsp3) is 0.471. The first-order chi connectivity index (χ1) is 11.7. The molecule has 0 spiro atoms. The van der Waals surface area contributed by atoms with Crippen LogP contribution in [0.4, 0.5) is 11.5 Å². The number of rotatable bonds is 4. The highest BCUT2D eigenvalue weighted by molar-refractivity contribution is 6.04. The van der Waals surface area contributed by atoms with Crippen LogP contribution >= 0.6 is 0 Å². The highest BCUT2D eigenvalue weighted by Gasteiger charge is 2.31.